The maximum Gasteiger partial charge on any atom is 0.263 e. The van der Waals surface area contributed by atoms with E-state index in [-0.39, 0.29) is 5.56 Å². The fraction of sp³-hybridized carbons (Fsp3) is 0.111. The van der Waals surface area contributed by atoms with Crippen molar-refractivity contribution >= 4 is 49.0 Å². The van der Waals surface area contributed by atoms with Crippen molar-refractivity contribution in [1.29, 1.82) is 0 Å². The van der Waals surface area contributed by atoms with E-state index < -0.39 is 6.43 Å². The van der Waals surface area contributed by atoms with Gasteiger partial charge >= 0.3 is 0 Å². The van der Waals surface area contributed by atoms with Crippen LogP contribution in [-0.4, -0.2) is 0 Å². The van der Waals surface area contributed by atoms with Crippen LogP contribution in [0.3, 0.4) is 0 Å². The van der Waals surface area contributed by atoms with Crippen LogP contribution in [0.15, 0.2) is 22.0 Å². The first-order chi connectivity index (χ1) is 6.59. The summed E-state index contributed by atoms with van der Waals surface area (Å²) in [6, 6.07) is 4.52. The van der Waals surface area contributed by atoms with Gasteiger partial charge in [-0.1, -0.05) is 17.7 Å². The second-order valence-corrected chi connectivity index (χ2v) is 5.49. The Morgan fingerprint density at radius 3 is 2.71 bits per heavy atom. The molecule has 0 saturated carbocycles. The van der Waals surface area contributed by atoms with Gasteiger partial charge in [0.15, 0.2) is 0 Å². The monoisotopic (exact) mass is 296 g/mol. The molecule has 0 saturated heterocycles. The van der Waals surface area contributed by atoms with Gasteiger partial charge in [-0.15, -0.1) is 11.3 Å². The van der Waals surface area contributed by atoms with Gasteiger partial charge in [-0.05, 0) is 28.1 Å². The molecule has 0 radical (unpaired) electrons. The fourth-order valence-electron chi connectivity index (χ4n) is 1.19. The van der Waals surface area contributed by atoms with Crippen molar-refractivity contribution in [3.05, 3.63) is 32.6 Å². The van der Waals surface area contributed by atoms with Crippen molar-refractivity contribution in [2.24, 2.45) is 0 Å². The lowest BCUT2D eigenvalue weighted by molar-refractivity contribution is 0.151. The molecule has 5 heteroatoms. The Morgan fingerprint density at radius 2 is 2.07 bits per heavy atom. The summed E-state index contributed by atoms with van der Waals surface area (Å²) in [4.78, 5) is 0. The number of benzene rings is 1. The second-order valence-electron chi connectivity index (χ2n) is 2.75. The summed E-state index contributed by atoms with van der Waals surface area (Å²) >= 11 is 10.6. The topological polar surface area (TPSA) is 0 Å². The van der Waals surface area contributed by atoms with E-state index in [2.05, 4.69) is 15.9 Å². The third kappa shape index (κ3) is 1.66. The van der Waals surface area contributed by atoms with Crippen LogP contribution >= 0.6 is 38.9 Å². The Balaban J connectivity index is 2.69. The summed E-state index contributed by atoms with van der Waals surface area (Å²) in [5.41, 5.74) is 0.00435. The largest absolute Gasteiger partial charge is 0.263 e. The van der Waals surface area contributed by atoms with Gasteiger partial charge in [-0.25, -0.2) is 8.78 Å². The third-order valence-corrected chi connectivity index (χ3v) is 4.44. The molecule has 0 spiro atoms. The van der Waals surface area contributed by atoms with Gasteiger partial charge in [-0.2, -0.15) is 0 Å². The van der Waals surface area contributed by atoms with Gasteiger partial charge in [0.25, 0.3) is 6.43 Å². The molecule has 0 aliphatic rings. The summed E-state index contributed by atoms with van der Waals surface area (Å²) < 4.78 is 26.5. The van der Waals surface area contributed by atoms with E-state index in [1.165, 1.54) is 23.5 Å². The van der Waals surface area contributed by atoms with Crippen LogP contribution in [0.25, 0.3) is 10.1 Å². The summed E-state index contributed by atoms with van der Waals surface area (Å²) in [5, 5.41) is 1.19. The molecular weight excluding hydrogens is 294 g/mol. The lowest BCUT2D eigenvalue weighted by Gasteiger charge is -1.98. The van der Waals surface area contributed by atoms with Crippen LogP contribution in [0.1, 0.15) is 12.0 Å². The maximum absolute atomic E-state index is 12.4. The normalized spacial score (nSPS) is 11.5. The molecule has 0 bridgehead atoms. The molecule has 0 fully saturated rings. The quantitative estimate of drug-likeness (QED) is 0.674. The van der Waals surface area contributed by atoms with Crippen molar-refractivity contribution in [3.63, 3.8) is 0 Å². The molecule has 74 valence electrons. The zero-order valence-corrected chi connectivity index (χ0v) is 9.89. The summed E-state index contributed by atoms with van der Waals surface area (Å²) in [7, 11) is 0. The van der Waals surface area contributed by atoms with E-state index in [9.17, 15) is 8.78 Å². The van der Waals surface area contributed by atoms with E-state index in [1.807, 2.05) is 0 Å². The number of thiophene rings is 1. The van der Waals surface area contributed by atoms with E-state index >= 15 is 0 Å². The molecule has 0 aliphatic carbocycles. The van der Waals surface area contributed by atoms with Crippen LogP contribution in [0.2, 0.25) is 5.02 Å². The van der Waals surface area contributed by atoms with Crippen LogP contribution in [0, 0.1) is 0 Å². The molecule has 14 heavy (non-hydrogen) atoms. The molecule has 2 aromatic rings. The van der Waals surface area contributed by atoms with Gasteiger partial charge < -0.3 is 0 Å². The molecule has 0 nitrogen and oxygen atoms in total. The first-order valence-electron chi connectivity index (χ1n) is 3.75. The predicted molar refractivity (Wildman–Crippen MR) is 59.5 cm³/mol. The molecule has 0 aliphatic heterocycles. The van der Waals surface area contributed by atoms with E-state index in [0.717, 1.165) is 8.49 Å². The minimum absolute atomic E-state index is 0.00435. The average Bonchev–Trinajstić information content (AvgIpc) is 2.43. The Morgan fingerprint density at radius 1 is 1.36 bits per heavy atom. The lowest BCUT2D eigenvalue weighted by atomic mass is 10.2. The number of hydrogen-bond acceptors (Lipinski definition) is 1. The van der Waals surface area contributed by atoms with Crippen molar-refractivity contribution in [1.82, 2.24) is 0 Å². The fourth-order valence-corrected chi connectivity index (χ4v) is 3.06. The van der Waals surface area contributed by atoms with Gasteiger partial charge in [0.05, 0.1) is 8.81 Å². The Bertz CT molecular complexity index is 481. The molecule has 1 heterocycles. The minimum Gasteiger partial charge on any atom is -0.205 e. The first-order valence-corrected chi connectivity index (χ1v) is 5.74. The molecule has 1 aromatic heterocycles. The number of halogens is 4. The van der Waals surface area contributed by atoms with Crippen LogP contribution in [0.4, 0.5) is 8.78 Å². The Hall–Kier alpha value is -0.190. The highest BCUT2D eigenvalue weighted by Gasteiger charge is 2.12. The van der Waals surface area contributed by atoms with Gasteiger partial charge in [0.1, 0.15) is 0 Å². The zero-order valence-electron chi connectivity index (χ0n) is 6.73. The predicted octanol–water partition coefficient (Wildman–Crippen LogP) is 5.25. The summed E-state index contributed by atoms with van der Waals surface area (Å²) in [6.07, 6.45) is -2.45. The van der Waals surface area contributed by atoms with Crippen molar-refractivity contribution in [2.75, 3.05) is 0 Å². The van der Waals surface area contributed by atoms with Gasteiger partial charge in [-0.3, -0.25) is 0 Å². The first kappa shape index (κ1) is 10.3. The zero-order chi connectivity index (χ0) is 10.3. The maximum atomic E-state index is 12.4. The van der Waals surface area contributed by atoms with Crippen molar-refractivity contribution < 1.29 is 8.78 Å². The van der Waals surface area contributed by atoms with Crippen molar-refractivity contribution in [2.45, 2.75) is 6.43 Å². The molecule has 0 amide bonds. The van der Waals surface area contributed by atoms with Crippen molar-refractivity contribution in [3.8, 4) is 0 Å². The molecule has 0 unspecified atom stereocenters. The molecule has 0 atom stereocenters. The van der Waals surface area contributed by atoms with Crippen LogP contribution < -0.4 is 0 Å². The van der Waals surface area contributed by atoms with E-state index in [4.69, 9.17) is 11.6 Å². The van der Waals surface area contributed by atoms with E-state index in [1.54, 1.807) is 6.07 Å². The number of alkyl halides is 2. The average molecular weight is 298 g/mol. The second kappa shape index (κ2) is 3.76. The Labute approximate surface area is 96.6 Å². The molecule has 2 rings (SSSR count). The molecule has 0 N–H and O–H groups in total. The smallest absolute Gasteiger partial charge is 0.205 e. The highest BCUT2D eigenvalue weighted by atomic mass is 79.9. The van der Waals surface area contributed by atoms with Gasteiger partial charge in [0, 0.05) is 15.6 Å². The third-order valence-electron chi connectivity index (χ3n) is 1.86. The highest BCUT2D eigenvalue weighted by Crippen LogP contribution is 2.40. The van der Waals surface area contributed by atoms with Gasteiger partial charge in [0.2, 0.25) is 0 Å². The van der Waals surface area contributed by atoms with E-state index in [0.29, 0.717) is 10.4 Å². The summed E-state index contributed by atoms with van der Waals surface area (Å²) in [5.74, 6) is 0. The highest BCUT2D eigenvalue weighted by molar-refractivity contribution is 9.11. The lowest BCUT2D eigenvalue weighted by Crippen LogP contribution is -1.81. The molecule has 1 aromatic carbocycles. The number of hydrogen-bond donors (Lipinski definition) is 0. The van der Waals surface area contributed by atoms with Crippen LogP contribution in [-0.2, 0) is 0 Å². The SMILES string of the molecule is FC(F)c1ccc2sc(Br)c(Cl)c2c1. The minimum atomic E-state index is -2.45. The standard InChI is InChI=1S/C9H4BrClF2S/c10-8-7(11)5-3-4(9(12)13)1-2-6(5)14-8/h1-3,9H. The number of rotatable bonds is 1. The molecular formula is C9H4BrClF2S. The van der Waals surface area contributed by atoms with Crippen LogP contribution in [0.5, 0.6) is 0 Å². The summed E-state index contributed by atoms with van der Waals surface area (Å²) in [6.45, 7) is 0. The number of fused-ring (bicyclic) bond motifs is 1. The Kier molecular flexibility index (Phi) is 2.77.